The highest BCUT2D eigenvalue weighted by Crippen LogP contribution is 2.36. The maximum atomic E-state index is 6.10. The van der Waals surface area contributed by atoms with Crippen LogP contribution in [0.3, 0.4) is 0 Å². The standard InChI is InChI=1S/C22H28N2/c23-22-8-7-21(15-22)20-6-5-18-13-17(3-4-19(18)14-20)2-1-16-9-11-24-12-10-16/h5-6,9-12,14,17,21-22H,1-4,7-8,13,15,23H2/t17-,21?,22?/m0/s1. The Morgan fingerprint density at radius 2 is 1.88 bits per heavy atom. The Balaban J connectivity index is 1.38. The molecule has 2 N–H and O–H groups in total. The summed E-state index contributed by atoms with van der Waals surface area (Å²) in [6, 6.07) is 12.0. The number of aryl methyl sites for hydroxylation is 2. The van der Waals surface area contributed by atoms with Crippen molar-refractivity contribution in [1.29, 1.82) is 0 Å². The quantitative estimate of drug-likeness (QED) is 0.906. The van der Waals surface area contributed by atoms with Gasteiger partial charge in [0.15, 0.2) is 0 Å². The Bertz CT molecular complexity index is 680. The molecule has 1 saturated carbocycles. The van der Waals surface area contributed by atoms with E-state index < -0.39 is 0 Å². The molecule has 126 valence electrons. The minimum atomic E-state index is 0.420. The third-order valence-corrected chi connectivity index (χ3v) is 6.10. The van der Waals surface area contributed by atoms with Gasteiger partial charge in [-0.05, 0) is 97.6 Å². The molecule has 0 radical (unpaired) electrons. The minimum absolute atomic E-state index is 0.420. The van der Waals surface area contributed by atoms with Crippen LogP contribution in [0.25, 0.3) is 0 Å². The lowest BCUT2D eigenvalue weighted by Gasteiger charge is -2.26. The van der Waals surface area contributed by atoms with Gasteiger partial charge in [0.05, 0.1) is 0 Å². The highest BCUT2D eigenvalue weighted by Gasteiger charge is 2.25. The van der Waals surface area contributed by atoms with Crippen LogP contribution in [0.15, 0.2) is 42.7 Å². The lowest BCUT2D eigenvalue weighted by molar-refractivity contribution is 0.427. The molecule has 2 nitrogen and oxygen atoms in total. The summed E-state index contributed by atoms with van der Waals surface area (Å²) in [7, 11) is 0. The molecule has 2 unspecified atom stereocenters. The first-order chi connectivity index (χ1) is 11.8. The number of aromatic nitrogens is 1. The fraction of sp³-hybridized carbons (Fsp3) is 0.500. The van der Waals surface area contributed by atoms with E-state index in [1.165, 1.54) is 62.5 Å². The zero-order valence-corrected chi connectivity index (χ0v) is 14.5. The lowest BCUT2D eigenvalue weighted by Crippen LogP contribution is -2.16. The molecule has 4 rings (SSSR count). The number of nitrogens with zero attached hydrogens (tertiary/aromatic N) is 1. The van der Waals surface area contributed by atoms with Crippen molar-refractivity contribution in [2.75, 3.05) is 0 Å². The molecule has 3 atom stereocenters. The summed E-state index contributed by atoms with van der Waals surface area (Å²) in [4.78, 5) is 4.11. The van der Waals surface area contributed by atoms with Crippen LogP contribution in [0.4, 0.5) is 0 Å². The first-order valence-corrected chi connectivity index (χ1v) is 9.54. The van der Waals surface area contributed by atoms with Crippen molar-refractivity contribution in [3.8, 4) is 0 Å². The summed E-state index contributed by atoms with van der Waals surface area (Å²) >= 11 is 0. The average Bonchev–Trinajstić information content (AvgIpc) is 3.07. The third kappa shape index (κ3) is 3.54. The van der Waals surface area contributed by atoms with Crippen LogP contribution in [-0.2, 0) is 19.3 Å². The Labute approximate surface area is 145 Å². The van der Waals surface area contributed by atoms with E-state index in [1.54, 1.807) is 11.1 Å². The van der Waals surface area contributed by atoms with Crippen LogP contribution < -0.4 is 5.73 Å². The van der Waals surface area contributed by atoms with Gasteiger partial charge in [-0.3, -0.25) is 4.98 Å². The van der Waals surface area contributed by atoms with E-state index >= 15 is 0 Å². The van der Waals surface area contributed by atoms with E-state index in [0.717, 1.165) is 5.92 Å². The molecule has 1 heterocycles. The average molecular weight is 320 g/mol. The molecule has 1 aromatic heterocycles. The first kappa shape index (κ1) is 15.8. The van der Waals surface area contributed by atoms with Crippen LogP contribution >= 0.6 is 0 Å². The Hall–Kier alpha value is -1.67. The van der Waals surface area contributed by atoms with Crippen molar-refractivity contribution in [2.45, 2.75) is 63.3 Å². The maximum absolute atomic E-state index is 6.10. The predicted molar refractivity (Wildman–Crippen MR) is 99.1 cm³/mol. The van der Waals surface area contributed by atoms with Crippen molar-refractivity contribution >= 4 is 0 Å². The number of pyridine rings is 1. The van der Waals surface area contributed by atoms with Crippen molar-refractivity contribution in [1.82, 2.24) is 4.98 Å². The molecule has 24 heavy (non-hydrogen) atoms. The topological polar surface area (TPSA) is 38.9 Å². The molecule has 0 bridgehead atoms. The smallest absolute Gasteiger partial charge is 0.0270 e. The fourth-order valence-corrected chi connectivity index (χ4v) is 4.59. The van der Waals surface area contributed by atoms with Crippen LogP contribution in [0.5, 0.6) is 0 Å². The zero-order valence-electron chi connectivity index (χ0n) is 14.5. The largest absolute Gasteiger partial charge is 0.328 e. The lowest BCUT2D eigenvalue weighted by atomic mass is 9.79. The zero-order chi connectivity index (χ0) is 16.4. The normalized spacial score (nSPS) is 26.3. The van der Waals surface area contributed by atoms with Gasteiger partial charge in [0.1, 0.15) is 0 Å². The van der Waals surface area contributed by atoms with E-state index in [-0.39, 0.29) is 0 Å². The summed E-state index contributed by atoms with van der Waals surface area (Å²) in [5, 5.41) is 0. The van der Waals surface area contributed by atoms with Crippen molar-refractivity contribution in [3.05, 3.63) is 65.0 Å². The molecule has 1 fully saturated rings. The van der Waals surface area contributed by atoms with Crippen LogP contribution in [0.2, 0.25) is 0 Å². The number of benzene rings is 1. The van der Waals surface area contributed by atoms with E-state index in [1.807, 2.05) is 12.4 Å². The molecule has 0 spiro atoms. The van der Waals surface area contributed by atoms with Crippen LogP contribution in [0, 0.1) is 5.92 Å². The van der Waals surface area contributed by atoms with Crippen LogP contribution in [0.1, 0.15) is 60.3 Å². The molecule has 2 aliphatic rings. The van der Waals surface area contributed by atoms with E-state index in [2.05, 4.69) is 35.3 Å². The summed E-state index contributed by atoms with van der Waals surface area (Å²) in [5.41, 5.74) is 12.2. The summed E-state index contributed by atoms with van der Waals surface area (Å²) in [6.45, 7) is 0. The Morgan fingerprint density at radius 1 is 1.00 bits per heavy atom. The van der Waals surface area contributed by atoms with Gasteiger partial charge in [-0.1, -0.05) is 18.2 Å². The van der Waals surface area contributed by atoms with Crippen LogP contribution in [-0.4, -0.2) is 11.0 Å². The molecule has 2 heteroatoms. The number of hydrogen-bond donors (Lipinski definition) is 1. The molecule has 0 aliphatic heterocycles. The molecular formula is C22H28N2. The second kappa shape index (κ2) is 7.06. The molecule has 2 aromatic rings. The third-order valence-electron chi connectivity index (χ3n) is 6.10. The van der Waals surface area contributed by atoms with Gasteiger partial charge in [-0.25, -0.2) is 0 Å². The van der Waals surface area contributed by atoms with Gasteiger partial charge in [0.25, 0.3) is 0 Å². The van der Waals surface area contributed by atoms with Gasteiger partial charge in [-0.15, -0.1) is 0 Å². The van der Waals surface area contributed by atoms with Gasteiger partial charge in [0, 0.05) is 18.4 Å². The van der Waals surface area contributed by atoms with Gasteiger partial charge in [0.2, 0.25) is 0 Å². The second-order valence-corrected chi connectivity index (χ2v) is 7.80. The summed E-state index contributed by atoms with van der Waals surface area (Å²) in [5.74, 6) is 1.53. The molecular weight excluding hydrogens is 292 g/mol. The SMILES string of the molecule is NC1CCC(c2ccc3c(c2)CC[C@H](CCc2ccncc2)C3)C1. The highest BCUT2D eigenvalue weighted by atomic mass is 14.6. The second-order valence-electron chi connectivity index (χ2n) is 7.80. The van der Waals surface area contributed by atoms with Crippen molar-refractivity contribution < 1.29 is 0 Å². The number of nitrogens with two attached hydrogens (primary N) is 1. The van der Waals surface area contributed by atoms with Crippen molar-refractivity contribution in [3.63, 3.8) is 0 Å². The molecule has 0 saturated heterocycles. The summed E-state index contributed by atoms with van der Waals surface area (Å²) in [6.07, 6.45) is 13.8. The molecule has 2 aliphatic carbocycles. The number of fused-ring (bicyclic) bond motifs is 1. The monoisotopic (exact) mass is 320 g/mol. The molecule has 1 aromatic carbocycles. The van der Waals surface area contributed by atoms with Crippen molar-refractivity contribution in [2.24, 2.45) is 11.7 Å². The number of rotatable bonds is 4. The first-order valence-electron chi connectivity index (χ1n) is 9.54. The minimum Gasteiger partial charge on any atom is -0.328 e. The molecule has 0 amide bonds. The van der Waals surface area contributed by atoms with Gasteiger partial charge in [-0.2, -0.15) is 0 Å². The summed E-state index contributed by atoms with van der Waals surface area (Å²) < 4.78 is 0. The predicted octanol–water partition coefficient (Wildman–Crippen LogP) is 4.41. The van der Waals surface area contributed by atoms with E-state index in [0.29, 0.717) is 12.0 Å². The van der Waals surface area contributed by atoms with Gasteiger partial charge < -0.3 is 5.73 Å². The van der Waals surface area contributed by atoms with Gasteiger partial charge >= 0.3 is 0 Å². The number of hydrogen-bond acceptors (Lipinski definition) is 2. The van der Waals surface area contributed by atoms with E-state index in [9.17, 15) is 0 Å². The highest BCUT2D eigenvalue weighted by molar-refractivity contribution is 5.36. The fourth-order valence-electron chi connectivity index (χ4n) is 4.59. The van der Waals surface area contributed by atoms with E-state index in [4.69, 9.17) is 5.73 Å². The Morgan fingerprint density at radius 3 is 2.67 bits per heavy atom. The maximum Gasteiger partial charge on any atom is 0.0270 e. The Kier molecular flexibility index (Phi) is 4.66.